The lowest BCUT2D eigenvalue weighted by atomic mass is 10.1. The molecular weight excluding hydrogens is 167 g/mol. The molecule has 1 fully saturated rings. The molecule has 0 radical (unpaired) electrons. The van der Waals surface area contributed by atoms with Crippen molar-refractivity contribution < 1.29 is 13.2 Å². The fraction of sp³-hybridized carbons (Fsp3) is 1.00. The van der Waals surface area contributed by atoms with Crippen molar-refractivity contribution >= 4 is 0 Å². The number of alkyl halides is 3. The molecule has 1 nitrogen and oxygen atoms in total. The molecule has 1 rings (SSSR count). The monoisotopic (exact) mass is 181 g/mol. The van der Waals surface area contributed by atoms with E-state index in [4.69, 9.17) is 5.73 Å². The third-order valence-corrected chi connectivity index (χ3v) is 2.99. The molecule has 1 saturated carbocycles. The summed E-state index contributed by atoms with van der Waals surface area (Å²) in [7, 11) is 0. The SMILES string of the molecule is CC1(C)C(CN)C1CC(F)(F)F. The predicted molar refractivity (Wildman–Crippen MR) is 40.5 cm³/mol. The lowest BCUT2D eigenvalue weighted by Gasteiger charge is -2.06. The van der Waals surface area contributed by atoms with E-state index in [9.17, 15) is 13.2 Å². The summed E-state index contributed by atoms with van der Waals surface area (Å²) in [6, 6.07) is 0. The van der Waals surface area contributed by atoms with Crippen LogP contribution in [0.15, 0.2) is 0 Å². The molecule has 1 aliphatic carbocycles. The van der Waals surface area contributed by atoms with Gasteiger partial charge in [-0.1, -0.05) is 13.8 Å². The van der Waals surface area contributed by atoms with E-state index in [1.807, 2.05) is 13.8 Å². The molecule has 4 heteroatoms. The molecule has 0 bridgehead atoms. The van der Waals surface area contributed by atoms with Crippen LogP contribution in [0, 0.1) is 17.3 Å². The van der Waals surface area contributed by atoms with Gasteiger partial charge in [-0.15, -0.1) is 0 Å². The molecule has 12 heavy (non-hydrogen) atoms. The second kappa shape index (κ2) is 2.62. The summed E-state index contributed by atoms with van der Waals surface area (Å²) in [4.78, 5) is 0. The molecule has 0 aromatic carbocycles. The molecule has 0 heterocycles. The molecule has 0 spiro atoms. The lowest BCUT2D eigenvalue weighted by Crippen LogP contribution is -2.11. The Hall–Kier alpha value is -0.250. The quantitative estimate of drug-likeness (QED) is 0.694. The Morgan fingerprint density at radius 3 is 2.00 bits per heavy atom. The van der Waals surface area contributed by atoms with Crippen LogP contribution in [0.4, 0.5) is 13.2 Å². The Morgan fingerprint density at radius 1 is 1.25 bits per heavy atom. The van der Waals surface area contributed by atoms with E-state index in [-0.39, 0.29) is 17.3 Å². The fourth-order valence-corrected chi connectivity index (χ4v) is 1.98. The van der Waals surface area contributed by atoms with E-state index in [0.717, 1.165) is 0 Å². The third-order valence-electron chi connectivity index (χ3n) is 2.99. The Kier molecular flexibility index (Phi) is 2.15. The summed E-state index contributed by atoms with van der Waals surface area (Å²) in [5.41, 5.74) is 5.15. The summed E-state index contributed by atoms with van der Waals surface area (Å²) in [5, 5.41) is 0. The van der Waals surface area contributed by atoms with Gasteiger partial charge in [0.05, 0.1) is 0 Å². The Labute approximate surface area is 70.1 Å². The van der Waals surface area contributed by atoms with Gasteiger partial charge in [-0.3, -0.25) is 0 Å². The van der Waals surface area contributed by atoms with Crippen molar-refractivity contribution in [1.29, 1.82) is 0 Å². The molecule has 2 atom stereocenters. The second-order valence-corrected chi connectivity index (χ2v) is 4.09. The smallest absolute Gasteiger partial charge is 0.330 e. The third kappa shape index (κ3) is 1.73. The number of rotatable bonds is 2. The molecule has 0 saturated heterocycles. The summed E-state index contributed by atoms with van der Waals surface area (Å²) >= 11 is 0. The van der Waals surface area contributed by atoms with E-state index >= 15 is 0 Å². The summed E-state index contributed by atoms with van der Waals surface area (Å²) < 4.78 is 35.9. The maximum absolute atomic E-state index is 12.0. The van der Waals surface area contributed by atoms with Gasteiger partial charge in [0.2, 0.25) is 0 Å². The van der Waals surface area contributed by atoms with Gasteiger partial charge < -0.3 is 5.73 Å². The van der Waals surface area contributed by atoms with Gasteiger partial charge >= 0.3 is 6.18 Å². The molecule has 1 aliphatic rings. The minimum absolute atomic E-state index is 0.0547. The average Bonchev–Trinajstić information content (AvgIpc) is 2.30. The lowest BCUT2D eigenvalue weighted by molar-refractivity contribution is -0.140. The number of hydrogen-bond acceptors (Lipinski definition) is 1. The first-order chi connectivity index (χ1) is 5.29. The van der Waals surface area contributed by atoms with Gasteiger partial charge in [-0.25, -0.2) is 0 Å². The van der Waals surface area contributed by atoms with E-state index in [1.54, 1.807) is 0 Å². The second-order valence-electron chi connectivity index (χ2n) is 4.09. The Bertz CT molecular complexity index is 174. The number of halogens is 3. The summed E-state index contributed by atoms with van der Waals surface area (Å²) in [6.07, 6.45) is -4.71. The normalized spacial score (nSPS) is 33.5. The summed E-state index contributed by atoms with van der Waals surface area (Å²) in [6.45, 7) is 4.07. The van der Waals surface area contributed by atoms with Crippen molar-refractivity contribution in [2.75, 3.05) is 6.54 Å². The number of nitrogens with two attached hydrogens (primary N) is 1. The standard InChI is InChI=1S/C8H14F3N/c1-7(2)5(6(7)4-12)3-8(9,10)11/h5-6H,3-4,12H2,1-2H3. The van der Waals surface area contributed by atoms with Gasteiger partial charge in [-0.2, -0.15) is 13.2 Å². The molecule has 0 aromatic heterocycles. The molecular formula is C8H14F3N. The van der Waals surface area contributed by atoms with Crippen molar-refractivity contribution in [3.8, 4) is 0 Å². The first kappa shape index (κ1) is 9.84. The molecule has 0 aromatic rings. The minimum Gasteiger partial charge on any atom is -0.330 e. The van der Waals surface area contributed by atoms with Crippen molar-refractivity contribution in [2.45, 2.75) is 26.4 Å². The van der Waals surface area contributed by atoms with Crippen LogP contribution in [0.5, 0.6) is 0 Å². The Morgan fingerprint density at radius 2 is 1.75 bits per heavy atom. The minimum atomic E-state index is -4.04. The highest BCUT2D eigenvalue weighted by atomic mass is 19.4. The number of hydrogen-bond donors (Lipinski definition) is 1. The first-order valence-corrected chi connectivity index (χ1v) is 4.06. The molecule has 2 unspecified atom stereocenters. The van der Waals surface area contributed by atoms with Gasteiger partial charge in [0, 0.05) is 6.42 Å². The van der Waals surface area contributed by atoms with Gasteiger partial charge in [-0.05, 0) is 23.8 Å². The average molecular weight is 181 g/mol. The van der Waals surface area contributed by atoms with Crippen molar-refractivity contribution in [1.82, 2.24) is 0 Å². The van der Waals surface area contributed by atoms with Crippen LogP contribution in [0.1, 0.15) is 20.3 Å². The van der Waals surface area contributed by atoms with E-state index in [0.29, 0.717) is 6.54 Å². The topological polar surface area (TPSA) is 26.0 Å². The highest BCUT2D eigenvalue weighted by Crippen LogP contribution is 2.61. The zero-order chi connectivity index (χ0) is 9.57. The van der Waals surface area contributed by atoms with Crippen LogP contribution in [-0.2, 0) is 0 Å². The van der Waals surface area contributed by atoms with Crippen LogP contribution in [0.25, 0.3) is 0 Å². The maximum Gasteiger partial charge on any atom is 0.389 e. The highest BCUT2D eigenvalue weighted by Gasteiger charge is 2.59. The Balaban J connectivity index is 2.48. The van der Waals surface area contributed by atoms with Crippen LogP contribution in [0.2, 0.25) is 0 Å². The predicted octanol–water partition coefficient (Wildman–Crippen LogP) is 2.17. The van der Waals surface area contributed by atoms with Crippen molar-refractivity contribution in [3.63, 3.8) is 0 Å². The fourth-order valence-electron chi connectivity index (χ4n) is 1.98. The molecule has 0 aliphatic heterocycles. The van der Waals surface area contributed by atoms with Crippen LogP contribution < -0.4 is 5.73 Å². The van der Waals surface area contributed by atoms with E-state index in [1.165, 1.54) is 0 Å². The molecule has 2 N–H and O–H groups in total. The van der Waals surface area contributed by atoms with E-state index < -0.39 is 12.6 Å². The largest absolute Gasteiger partial charge is 0.389 e. The zero-order valence-corrected chi connectivity index (χ0v) is 7.28. The maximum atomic E-state index is 12.0. The highest BCUT2D eigenvalue weighted by molar-refractivity contribution is 5.05. The van der Waals surface area contributed by atoms with E-state index in [2.05, 4.69) is 0 Å². The van der Waals surface area contributed by atoms with Gasteiger partial charge in [0.15, 0.2) is 0 Å². The van der Waals surface area contributed by atoms with Crippen molar-refractivity contribution in [2.24, 2.45) is 23.0 Å². The summed E-state index contributed by atoms with van der Waals surface area (Å²) in [5.74, 6) is -0.207. The first-order valence-electron chi connectivity index (χ1n) is 4.06. The van der Waals surface area contributed by atoms with Crippen LogP contribution in [-0.4, -0.2) is 12.7 Å². The molecule has 72 valence electrons. The van der Waals surface area contributed by atoms with Crippen LogP contribution in [0.3, 0.4) is 0 Å². The molecule has 0 amide bonds. The van der Waals surface area contributed by atoms with Crippen LogP contribution >= 0.6 is 0 Å². The zero-order valence-electron chi connectivity index (χ0n) is 7.28. The van der Waals surface area contributed by atoms with Crippen molar-refractivity contribution in [3.05, 3.63) is 0 Å². The van der Waals surface area contributed by atoms with Gasteiger partial charge in [0.25, 0.3) is 0 Å². The van der Waals surface area contributed by atoms with Gasteiger partial charge in [0.1, 0.15) is 0 Å².